The van der Waals surface area contributed by atoms with Gasteiger partial charge in [-0.3, -0.25) is 0 Å². The molecule has 0 saturated heterocycles. The van der Waals surface area contributed by atoms with Crippen molar-refractivity contribution in [2.24, 2.45) is 0 Å². The SMILES string of the molecule is CCN(CC)c1ccc(C(O)(c2ccccc2)C(O)C=O)c(O)c1. The van der Waals surface area contributed by atoms with E-state index in [0.29, 0.717) is 5.56 Å². The van der Waals surface area contributed by atoms with E-state index in [4.69, 9.17) is 0 Å². The lowest BCUT2D eigenvalue weighted by Gasteiger charge is -2.32. The second kappa shape index (κ2) is 7.47. The fourth-order valence-electron chi connectivity index (χ4n) is 2.90. The van der Waals surface area contributed by atoms with Crippen LogP contribution in [0.5, 0.6) is 5.75 Å². The maximum Gasteiger partial charge on any atom is 0.152 e. The van der Waals surface area contributed by atoms with Crippen LogP contribution in [0.2, 0.25) is 0 Å². The number of hydrogen-bond donors (Lipinski definition) is 3. The quantitative estimate of drug-likeness (QED) is 0.677. The molecule has 0 aliphatic rings. The van der Waals surface area contributed by atoms with Crippen LogP contribution in [-0.4, -0.2) is 40.8 Å². The van der Waals surface area contributed by atoms with Gasteiger partial charge in [-0.05, 0) is 31.5 Å². The van der Waals surface area contributed by atoms with Gasteiger partial charge in [0.05, 0.1) is 0 Å². The number of aromatic hydroxyl groups is 1. The molecule has 2 unspecified atom stereocenters. The van der Waals surface area contributed by atoms with Gasteiger partial charge >= 0.3 is 0 Å². The molecule has 5 nitrogen and oxygen atoms in total. The minimum Gasteiger partial charge on any atom is -0.507 e. The van der Waals surface area contributed by atoms with Crippen LogP contribution in [0.25, 0.3) is 0 Å². The molecule has 2 aromatic rings. The molecule has 0 spiro atoms. The number of nitrogens with zero attached hydrogens (tertiary/aromatic N) is 1. The molecular weight excluding hydrogens is 306 g/mol. The number of aliphatic hydroxyl groups excluding tert-OH is 1. The van der Waals surface area contributed by atoms with Gasteiger partial charge in [0, 0.05) is 30.4 Å². The summed E-state index contributed by atoms with van der Waals surface area (Å²) in [5, 5.41) is 31.7. The number of phenolic OH excluding ortho intramolecular Hbond substituents is 1. The minimum atomic E-state index is -2.02. The number of aldehydes is 1. The molecule has 0 bridgehead atoms. The molecule has 3 N–H and O–H groups in total. The molecule has 2 aromatic carbocycles. The van der Waals surface area contributed by atoms with Crippen LogP contribution in [0.1, 0.15) is 25.0 Å². The smallest absolute Gasteiger partial charge is 0.152 e. The molecule has 0 amide bonds. The molecule has 2 atom stereocenters. The summed E-state index contributed by atoms with van der Waals surface area (Å²) in [7, 11) is 0. The van der Waals surface area contributed by atoms with Crippen LogP contribution in [0, 0.1) is 0 Å². The van der Waals surface area contributed by atoms with E-state index in [0.717, 1.165) is 18.8 Å². The highest BCUT2D eigenvalue weighted by atomic mass is 16.3. The van der Waals surface area contributed by atoms with E-state index in [1.54, 1.807) is 42.5 Å². The van der Waals surface area contributed by atoms with Crippen LogP contribution >= 0.6 is 0 Å². The van der Waals surface area contributed by atoms with Crippen LogP contribution in [0.3, 0.4) is 0 Å². The number of carbonyl (C=O) groups excluding carboxylic acids is 1. The van der Waals surface area contributed by atoms with E-state index in [1.165, 1.54) is 6.07 Å². The molecule has 0 aliphatic carbocycles. The fourth-order valence-corrected chi connectivity index (χ4v) is 2.90. The highest BCUT2D eigenvalue weighted by Crippen LogP contribution is 2.39. The van der Waals surface area contributed by atoms with E-state index in [1.807, 2.05) is 18.7 Å². The number of hydrogen-bond acceptors (Lipinski definition) is 5. The first-order valence-corrected chi connectivity index (χ1v) is 7.98. The molecule has 2 rings (SSSR count). The summed E-state index contributed by atoms with van der Waals surface area (Å²) in [4.78, 5) is 13.2. The lowest BCUT2D eigenvalue weighted by atomic mass is 9.81. The van der Waals surface area contributed by atoms with Gasteiger partial charge in [-0.25, -0.2) is 0 Å². The van der Waals surface area contributed by atoms with Gasteiger partial charge in [-0.1, -0.05) is 30.3 Å². The number of benzene rings is 2. The van der Waals surface area contributed by atoms with E-state index in [2.05, 4.69) is 0 Å². The average molecular weight is 329 g/mol. The second-order valence-electron chi connectivity index (χ2n) is 5.59. The van der Waals surface area contributed by atoms with Crippen LogP contribution < -0.4 is 4.90 Å². The highest BCUT2D eigenvalue weighted by molar-refractivity contribution is 5.65. The third kappa shape index (κ3) is 3.13. The molecule has 24 heavy (non-hydrogen) atoms. The number of rotatable bonds is 7. The maximum absolute atomic E-state index is 11.2. The van der Waals surface area contributed by atoms with Crippen molar-refractivity contribution in [3.05, 3.63) is 59.7 Å². The number of phenols is 1. The van der Waals surface area contributed by atoms with Crippen molar-refractivity contribution in [1.29, 1.82) is 0 Å². The van der Waals surface area contributed by atoms with Gasteiger partial charge in [-0.15, -0.1) is 0 Å². The van der Waals surface area contributed by atoms with Gasteiger partial charge in [-0.2, -0.15) is 0 Å². The maximum atomic E-state index is 11.2. The minimum absolute atomic E-state index is 0.0872. The third-order valence-electron chi connectivity index (χ3n) is 4.29. The van der Waals surface area contributed by atoms with E-state index >= 15 is 0 Å². The number of aliphatic hydroxyl groups is 2. The molecule has 0 saturated carbocycles. The van der Waals surface area contributed by atoms with Crippen LogP contribution in [0.4, 0.5) is 5.69 Å². The summed E-state index contributed by atoms with van der Waals surface area (Å²) >= 11 is 0. The standard InChI is InChI=1S/C19H23NO4/c1-3-20(4-2)15-10-11-16(17(22)12-15)19(24,18(23)13-21)14-8-6-5-7-9-14/h5-13,18,22-24H,3-4H2,1-2H3. The van der Waals surface area contributed by atoms with Crippen LogP contribution in [0.15, 0.2) is 48.5 Å². The predicted molar refractivity (Wildman–Crippen MR) is 93.2 cm³/mol. The Kier molecular flexibility index (Phi) is 5.59. The molecule has 0 fully saturated rings. The van der Waals surface area contributed by atoms with Crippen molar-refractivity contribution in [1.82, 2.24) is 0 Å². The van der Waals surface area contributed by atoms with Gasteiger partial charge in [0.25, 0.3) is 0 Å². The van der Waals surface area contributed by atoms with Gasteiger partial charge in [0.2, 0.25) is 0 Å². The molecule has 0 aliphatic heterocycles. The van der Waals surface area contributed by atoms with Crippen molar-refractivity contribution >= 4 is 12.0 Å². The Morgan fingerprint density at radius 1 is 1.12 bits per heavy atom. The van der Waals surface area contributed by atoms with Crippen molar-refractivity contribution in [3.8, 4) is 5.75 Å². The van der Waals surface area contributed by atoms with Crippen LogP contribution in [-0.2, 0) is 10.4 Å². The summed E-state index contributed by atoms with van der Waals surface area (Å²) in [6, 6.07) is 13.2. The third-order valence-corrected chi connectivity index (χ3v) is 4.29. The first-order valence-electron chi connectivity index (χ1n) is 7.98. The molecule has 128 valence electrons. The summed E-state index contributed by atoms with van der Waals surface area (Å²) in [6.45, 7) is 5.56. The largest absolute Gasteiger partial charge is 0.507 e. The second-order valence-corrected chi connectivity index (χ2v) is 5.59. The van der Waals surface area contributed by atoms with Crippen molar-refractivity contribution < 1.29 is 20.1 Å². The topological polar surface area (TPSA) is 81.0 Å². The van der Waals surface area contributed by atoms with E-state index in [-0.39, 0.29) is 17.6 Å². The molecule has 0 aromatic heterocycles. The molecule has 5 heteroatoms. The normalized spacial score (nSPS) is 14.7. The fraction of sp³-hybridized carbons (Fsp3) is 0.316. The zero-order valence-corrected chi connectivity index (χ0v) is 13.9. The predicted octanol–water partition coefficient (Wildman–Crippen LogP) is 2.03. The van der Waals surface area contributed by atoms with Crippen molar-refractivity contribution in [2.45, 2.75) is 25.6 Å². The Morgan fingerprint density at radius 3 is 2.25 bits per heavy atom. The van der Waals surface area contributed by atoms with E-state index < -0.39 is 11.7 Å². The number of anilines is 1. The Bertz CT molecular complexity index is 685. The van der Waals surface area contributed by atoms with Gasteiger partial charge in [0.15, 0.2) is 11.9 Å². The summed E-state index contributed by atoms with van der Waals surface area (Å²) < 4.78 is 0. The first-order chi connectivity index (χ1) is 11.5. The Balaban J connectivity index is 2.58. The zero-order valence-electron chi connectivity index (χ0n) is 13.9. The van der Waals surface area contributed by atoms with Crippen molar-refractivity contribution in [3.63, 3.8) is 0 Å². The Morgan fingerprint density at radius 2 is 1.75 bits per heavy atom. The lowest BCUT2D eigenvalue weighted by Crippen LogP contribution is -2.41. The zero-order chi connectivity index (χ0) is 17.7. The molecule has 0 heterocycles. The first kappa shape index (κ1) is 18.0. The monoisotopic (exact) mass is 329 g/mol. The summed E-state index contributed by atoms with van der Waals surface area (Å²) in [6.07, 6.45) is -1.44. The highest BCUT2D eigenvalue weighted by Gasteiger charge is 2.41. The molecule has 0 radical (unpaired) electrons. The lowest BCUT2D eigenvalue weighted by molar-refractivity contribution is -0.127. The van der Waals surface area contributed by atoms with Crippen molar-refractivity contribution in [2.75, 3.05) is 18.0 Å². The Hall–Kier alpha value is -2.37. The molecular formula is C19H23NO4. The number of carbonyl (C=O) groups is 1. The van der Waals surface area contributed by atoms with E-state index in [9.17, 15) is 20.1 Å². The average Bonchev–Trinajstić information content (AvgIpc) is 2.62. The van der Waals surface area contributed by atoms with Gasteiger partial charge in [0.1, 0.15) is 11.9 Å². The summed E-state index contributed by atoms with van der Waals surface area (Å²) in [5.41, 5.74) is -0.800. The van der Waals surface area contributed by atoms with Gasteiger partial charge < -0.3 is 25.0 Å². The summed E-state index contributed by atoms with van der Waals surface area (Å²) in [5.74, 6) is -0.174. The Labute approximate surface area is 141 Å².